The van der Waals surface area contributed by atoms with Gasteiger partial charge in [0.1, 0.15) is 0 Å². The number of aromatic nitrogens is 1. The van der Waals surface area contributed by atoms with Crippen LogP contribution in [0.2, 0.25) is 0 Å². The molecule has 0 aliphatic heterocycles. The number of hydrogen-bond donors (Lipinski definition) is 0. The average Bonchev–Trinajstić information content (AvgIpc) is 3.73. The third-order valence-corrected chi connectivity index (χ3v) is 12.2. The fourth-order valence-corrected chi connectivity index (χ4v) is 9.33. The molecule has 0 atom stereocenters. The molecule has 0 saturated heterocycles. The van der Waals surface area contributed by atoms with Crippen molar-refractivity contribution in [2.45, 2.75) is 19.3 Å². The molecule has 0 spiro atoms. The van der Waals surface area contributed by atoms with Gasteiger partial charge < -0.3 is 9.47 Å². The number of para-hydroxylation sites is 1. The molecule has 0 bridgehead atoms. The lowest BCUT2D eigenvalue weighted by Gasteiger charge is -2.29. The molecular weight excluding hydrogens is 689 g/mol. The highest BCUT2D eigenvalue weighted by molar-refractivity contribution is 6.10. The van der Waals surface area contributed by atoms with Gasteiger partial charge in [-0.15, -0.1) is 0 Å². The van der Waals surface area contributed by atoms with Crippen LogP contribution in [-0.4, -0.2) is 4.57 Å². The van der Waals surface area contributed by atoms with E-state index in [-0.39, 0.29) is 5.41 Å². The zero-order valence-electron chi connectivity index (χ0n) is 32.0. The van der Waals surface area contributed by atoms with Crippen LogP contribution in [-0.2, 0) is 5.41 Å². The Morgan fingerprint density at radius 2 is 1.00 bits per heavy atom. The molecule has 1 aliphatic carbocycles. The molecule has 270 valence electrons. The summed E-state index contributed by atoms with van der Waals surface area (Å²) >= 11 is 0. The van der Waals surface area contributed by atoms with Crippen LogP contribution in [0.3, 0.4) is 0 Å². The molecule has 11 rings (SSSR count). The highest BCUT2D eigenvalue weighted by atomic mass is 15.1. The van der Waals surface area contributed by atoms with Crippen molar-refractivity contribution in [3.05, 3.63) is 217 Å². The van der Waals surface area contributed by atoms with Gasteiger partial charge in [-0.05, 0) is 110 Å². The molecule has 1 aromatic heterocycles. The zero-order valence-corrected chi connectivity index (χ0v) is 32.0. The SMILES string of the molecule is CC1(C)c2ccccc2-c2c(N(c3ccc(-c4ccccc4)cc3)c3ccc(-c4ccc5c(c4)c4ccccc4n5-c4ccc5ccccc5c4)cc3)cccc21. The van der Waals surface area contributed by atoms with E-state index in [1.54, 1.807) is 0 Å². The van der Waals surface area contributed by atoms with Crippen molar-refractivity contribution in [2.75, 3.05) is 4.90 Å². The van der Waals surface area contributed by atoms with Crippen LogP contribution in [0, 0.1) is 0 Å². The molecule has 0 saturated carbocycles. The van der Waals surface area contributed by atoms with E-state index in [1.807, 2.05) is 0 Å². The molecule has 0 radical (unpaired) electrons. The van der Waals surface area contributed by atoms with E-state index in [1.165, 1.54) is 88.5 Å². The Hall–Kier alpha value is -7.16. The lowest BCUT2D eigenvalue weighted by molar-refractivity contribution is 0.660. The van der Waals surface area contributed by atoms with E-state index < -0.39 is 0 Å². The van der Waals surface area contributed by atoms with Gasteiger partial charge in [0.2, 0.25) is 0 Å². The number of benzene rings is 9. The first kappa shape index (κ1) is 33.2. The molecule has 0 unspecified atom stereocenters. The Bertz CT molecular complexity index is 3130. The molecule has 1 aliphatic rings. The molecular formula is C55H40N2. The highest BCUT2D eigenvalue weighted by Crippen LogP contribution is 2.54. The van der Waals surface area contributed by atoms with E-state index in [0.29, 0.717) is 0 Å². The molecule has 1 heterocycles. The molecule has 57 heavy (non-hydrogen) atoms. The summed E-state index contributed by atoms with van der Waals surface area (Å²) < 4.78 is 2.41. The largest absolute Gasteiger partial charge is 0.310 e. The van der Waals surface area contributed by atoms with Crippen LogP contribution in [0.5, 0.6) is 0 Å². The van der Waals surface area contributed by atoms with Crippen LogP contribution >= 0.6 is 0 Å². The predicted molar refractivity (Wildman–Crippen MR) is 241 cm³/mol. The fourth-order valence-electron chi connectivity index (χ4n) is 9.33. The van der Waals surface area contributed by atoms with Gasteiger partial charge in [-0.2, -0.15) is 0 Å². The minimum absolute atomic E-state index is 0.0926. The maximum Gasteiger partial charge on any atom is 0.0543 e. The molecule has 0 fully saturated rings. The summed E-state index contributed by atoms with van der Waals surface area (Å²) in [6, 6.07) is 75.6. The van der Waals surface area contributed by atoms with Gasteiger partial charge in [0.15, 0.2) is 0 Å². The zero-order chi connectivity index (χ0) is 38.1. The first-order valence-electron chi connectivity index (χ1n) is 19.8. The van der Waals surface area contributed by atoms with E-state index in [4.69, 9.17) is 0 Å². The van der Waals surface area contributed by atoms with Crippen LogP contribution in [0.15, 0.2) is 206 Å². The van der Waals surface area contributed by atoms with Gasteiger partial charge in [0.25, 0.3) is 0 Å². The maximum atomic E-state index is 2.44. The maximum absolute atomic E-state index is 2.44. The van der Waals surface area contributed by atoms with E-state index >= 15 is 0 Å². The standard InChI is InChI=1S/C55H40N2/c1-55(2)49-19-10-8-18-47(49)54-50(55)20-12-22-53(54)56(43-29-23-39(24-30-43)37-13-4-3-5-14-37)44-31-25-40(26-32-44)42-28-34-52-48(36-42)46-17-9-11-21-51(46)57(52)45-33-27-38-15-6-7-16-41(38)35-45/h3-36H,1-2H3. The number of hydrogen-bond acceptors (Lipinski definition) is 1. The molecule has 10 aromatic rings. The van der Waals surface area contributed by atoms with Gasteiger partial charge in [0, 0.05) is 38.8 Å². The summed E-state index contributed by atoms with van der Waals surface area (Å²) in [7, 11) is 0. The smallest absolute Gasteiger partial charge is 0.0543 e. The van der Waals surface area contributed by atoms with Gasteiger partial charge in [-0.1, -0.05) is 159 Å². The third kappa shape index (κ3) is 5.33. The minimum Gasteiger partial charge on any atom is -0.310 e. The molecule has 0 amide bonds. The Morgan fingerprint density at radius 1 is 0.404 bits per heavy atom. The summed E-state index contributed by atoms with van der Waals surface area (Å²) in [6.07, 6.45) is 0. The molecule has 2 heteroatoms. The second-order valence-electron chi connectivity index (χ2n) is 15.8. The van der Waals surface area contributed by atoms with Crippen molar-refractivity contribution >= 4 is 49.6 Å². The van der Waals surface area contributed by atoms with Gasteiger partial charge in [0.05, 0.1) is 16.7 Å². The molecule has 9 aromatic carbocycles. The van der Waals surface area contributed by atoms with E-state index in [9.17, 15) is 0 Å². The van der Waals surface area contributed by atoms with Crippen molar-refractivity contribution in [2.24, 2.45) is 0 Å². The Morgan fingerprint density at radius 3 is 1.79 bits per heavy atom. The third-order valence-electron chi connectivity index (χ3n) is 12.2. The average molecular weight is 729 g/mol. The van der Waals surface area contributed by atoms with Crippen molar-refractivity contribution in [1.82, 2.24) is 4.57 Å². The highest BCUT2D eigenvalue weighted by Gasteiger charge is 2.37. The number of fused-ring (bicyclic) bond motifs is 7. The van der Waals surface area contributed by atoms with Crippen LogP contribution in [0.25, 0.3) is 71.6 Å². The second-order valence-corrected chi connectivity index (χ2v) is 15.8. The summed E-state index contributed by atoms with van der Waals surface area (Å²) in [5.41, 5.74) is 17.1. The molecule has 2 nitrogen and oxygen atoms in total. The van der Waals surface area contributed by atoms with Crippen molar-refractivity contribution < 1.29 is 0 Å². The Kier molecular flexibility index (Phi) is 7.55. The minimum atomic E-state index is -0.0926. The number of nitrogens with zero attached hydrogens (tertiary/aromatic N) is 2. The Balaban J connectivity index is 1.03. The summed E-state index contributed by atoms with van der Waals surface area (Å²) in [5, 5.41) is 5.00. The summed E-state index contributed by atoms with van der Waals surface area (Å²) in [5.74, 6) is 0. The number of rotatable bonds is 6. The quantitative estimate of drug-likeness (QED) is 0.165. The van der Waals surface area contributed by atoms with Crippen molar-refractivity contribution in [1.29, 1.82) is 0 Å². The van der Waals surface area contributed by atoms with Crippen LogP contribution in [0.1, 0.15) is 25.0 Å². The van der Waals surface area contributed by atoms with Gasteiger partial charge in [-0.25, -0.2) is 0 Å². The normalized spacial score (nSPS) is 12.9. The first-order valence-corrected chi connectivity index (χ1v) is 19.8. The first-order chi connectivity index (χ1) is 28.0. The molecule has 0 N–H and O–H groups in total. The number of anilines is 3. The lowest BCUT2D eigenvalue weighted by Crippen LogP contribution is -2.16. The van der Waals surface area contributed by atoms with Crippen molar-refractivity contribution in [3.8, 4) is 39.1 Å². The van der Waals surface area contributed by atoms with Crippen LogP contribution in [0.4, 0.5) is 17.1 Å². The summed E-state index contributed by atoms with van der Waals surface area (Å²) in [4.78, 5) is 2.44. The van der Waals surface area contributed by atoms with Gasteiger partial charge in [-0.3, -0.25) is 0 Å². The topological polar surface area (TPSA) is 8.17 Å². The van der Waals surface area contributed by atoms with E-state index in [0.717, 1.165) is 11.4 Å². The van der Waals surface area contributed by atoms with Crippen LogP contribution < -0.4 is 4.90 Å². The monoisotopic (exact) mass is 728 g/mol. The Labute approximate surface area is 333 Å². The summed E-state index contributed by atoms with van der Waals surface area (Å²) in [6.45, 7) is 4.70. The second kappa shape index (κ2) is 13.0. The predicted octanol–water partition coefficient (Wildman–Crippen LogP) is 15.0. The van der Waals surface area contributed by atoms with Gasteiger partial charge >= 0.3 is 0 Å². The van der Waals surface area contributed by atoms with E-state index in [2.05, 4.69) is 230 Å². The fraction of sp³-hybridized carbons (Fsp3) is 0.0545. The van der Waals surface area contributed by atoms with Crippen molar-refractivity contribution in [3.63, 3.8) is 0 Å². The lowest BCUT2D eigenvalue weighted by atomic mass is 9.82.